The van der Waals surface area contributed by atoms with E-state index in [0.717, 1.165) is 11.1 Å². The lowest BCUT2D eigenvalue weighted by Crippen LogP contribution is -1.93. The van der Waals surface area contributed by atoms with E-state index >= 15 is 0 Å². The van der Waals surface area contributed by atoms with Crippen LogP contribution >= 0.6 is 0 Å². The number of hydrogen-bond acceptors (Lipinski definition) is 2. The van der Waals surface area contributed by atoms with Crippen LogP contribution in [-0.4, -0.2) is 7.11 Å². The van der Waals surface area contributed by atoms with E-state index in [4.69, 9.17) is 11.2 Å². The molecule has 0 atom stereocenters. The number of rotatable bonds is 2. The molecule has 0 unspecified atom stereocenters. The van der Waals surface area contributed by atoms with E-state index in [9.17, 15) is 5.26 Å². The molecule has 2 heteroatoms. The van der Waals surface area contributed by atoms with Crippen molar-refractivity contribution < 1.29 is 4.74 Å². The minimum Gasteiger partial charge on any atom is -0.496 e. The SMILES string of the molecule is C#Cc1cccc(C#N)c1-c1ccccc1OC. The van der Waals surface area contributed by atoms with E-state index in [1.165, 1.54) is 0 Å². The molecule has 0 aliphatic rings. The molecule has 0 fully saturated rings. The van der Waals surface area contributed by atoms with Crippen molar-refractivity contribution in [3.05, 3.63) is 53.6 Å². The molecule has 0 aliphatic heterocycles. The van der Waals surface area contributed by atoms with E-state index in [0.29, 0.717) is 16.9 Å². The van der Waals surface area contributed by atoms with Gasteiger partial charge < -0.3 is 4.74 Å². The summed E-state index contributed by atoms with van der Waals surface area (Å²) in [7, 11) is 1.60. The summed E-state index contributed by atoms with van der Waals surface area (Å²) in [5.74, 6) is 3.32. The minimum absolute atomic E-state index is 0.551. The predicted molar refractivity (Wildman–Crippen MR) is 71.1 cm³/mol. The molecule has 2 aromatic carbocycles. The zero-order valence-corrected chi connectivity index (χ0v) is 9.97. The molecule has 0 bridgehead atoms. The second kappa shape index (κ2) is 5.08. The van der Waals surface area contributed by atoms with Gasteiger partial charge in [-0.05, 0) is 18.2 Å². The van der Waals surface area contributed by atoms with Crippen LogP contribution in [0.15, 0.2) is 42.5 Å². The summed E-state index contributed by atoms with van der Waals surface area (Å²) < 4.78 is 5.32. The summed E-state index contributed by atoms with van der Waals surface area (Å²) in [4.78, 5) is 0. The van der Waals surface area contributed by atoms with Crippen molar-refractivity contribution in [1.82, 2.24) is 0 Å². The fraction of sp³-hybridized carbons (Fsp3) is 0.0625. The van der Waals surface area contributed by atoms with Gasteiger partial charge in [0.25, 0.3) is 0 Å². The number of nitrogens with zero attached hydrogens (tertiary/aromatic N) is 1. The Bertz CT molecular complexity index is 627. The van der Waals surface area contributed by atoms with Gasteiger partial charge in [-0.15, -0.1) is 6.42 Å². The third kappa shape index (κ3) is 1.93. The van der Waals surface area contributed by atoms with Gasteiger partial charge in [0.2, 0.25) is 0 Å². The highest BCUT2D eigenvalue weighted by molar-refractivity contribution is 5.80. The molecule has 0 saturated heterocycles. The standard InChI is InChI=1S/C16H11NO/c1-3-12-7-6-8-13(11-17)16(12)14-9-4-5-10-15(14)18-2/h1,4-10H,2H3. The number of hydrogen-bond donors (Lipinski definition) is 0. The van der Waals surface area contributed by atoms with Gasteiger partial charge in [-0.3, -0.25) is 0 Å². The Labute approximate surface area is 106 Å². The number of nitriles is 1. The number of methoxy groups -OCH3 is 1. The molecule has 0 N–H and O–H groups in total. The Morgan fingerprint density at radius 3 is 2.44 bits per heavy atom. The van der Waals surface area contributed by atoms with E-state index in [1.54, 1.807) is 19.2 Å². The molecule has 0 aromatic heterocycles. The molecular formula is C16H11NO. The van der Waals surface area contributed by atoms with Crippen LogP contribution in [-0.2, 0) is 0 Å². The third-order valence-electron chi connectivity index (χ3n) is 2.72. The number of para-hydroxylation sites is 1. The van der Waals surface area contributed by atoms with Crippen LogP contribution in [0.1, 0.15) is 11.1 Å². The Balaban J connectivity index is 2.79. The minimum atomic E-state index is 0.551. The molecule has 0 aliphatic carbocycles. The van der Waals surface area contributed by atoms with Crippen molar-refractivity contribution in [2.45, 2.75) is 0 Å². The summed E-state index contributed by atoms with van der Waals surface area (Å²) in [6.07, 6.45) is 5.50. The molecule has 0 spiro atoms. The van der Waals surface area contributed by atoms with Gasteiger partial charge in [0.1, 0.15) is 5.75 Å². The molecule has 0 radical (unpaired) electrons. The second-order valence-electron chi connectivity index (χ2n) is 3.68. The van der Waals surface area contributed by atoms with Gasteiger partial charge in [0, 0.05) is 16.7 Å². The van der Waals surface area contributed by atoms with E-state index in [-0.39, 0.29) is 0 Å². The molecule has 2 aromatic rings. The van der Waals surface area contributed by atoms with Gasteiger partial charge in [-0.25, -0.2) is 0 Å². The van der Waals surface area contributed by atoms with E-state index in [1.807, 2.05) is 30.3 Å². The lowest BCUT2D eigenvalue weighted by molar-refractivity contribution is 0.416. The van der Waals surface area contributed by atoms with Crippen LogP contribution in [0.2, 0.25) is 0 Å². The van der Waals surface area contributed by atoms with Crippen molar-refractivity contribution in [1.29, 1.82) is 5.26 Å². The van der Waals surface area contributed by atoms with Gasteiger partial charge in [-0.2, -0.15) is 5.26 Å². The van der Waals surface area contributed by atoms with Crippen molar-refractivity contribution in [3.8, 4) is 35.3 Å². The zero-order chi connectivity index (χ0) is 13.0. The lowest BCUT2D eigenvalue weighted by Gasteiger charge is -2.11. The van der Waals surface area contributed by atoms with Crippen molar-refractivity contribution in [2.75, 3.05) is 7.11 Å². The molecule has 18 heavy (non-hydrogen) atoms. The Morgan fingerprint density at radius 2 is 1.78 bits per heavy atom. The summed E-state index contributed by atoms with van der Waals surface area (Å²) in [6, 6.07) is 15.1. The van der Waals surface area contributed by atoms with E-state index in [2.05, 4.69) is 12.0 Å². The van der Waals surface area contributed by atoms with Crippen LogP contribution in [0.4, 0.5) is 0 Å². The van der Waals surface area contributed by atoms with E-state index < -0.39 is 0 Å². The second-order valence-corrected chi connectivity index (χ2v) is 3.68. The number of terminal acetylenes is 1. The molecule has 2 nitrogen and oxygen atoms in total. The maximum Gasteiger partial charge on any atom is 0.126 e. The van der Waals surface area contributed by atoms with Crippen LogP contribution in [0.5, 0.6) is 5.75 Å². The molecule has 2 rings (SSSR count). The van der Waals surface area contributed by atoms with Gasteiger partial charge in [-0.1, -0.05) is 30.2 Å². The monoisotopic (exact) mass is 233 g/mol. The van der Waals surface area contributed by atoms with Crippen molar-refractivity contribution >= 4 is 0 Å². The first-order valence-electron chi connectivity index (χ1n) is 5.45. The molecule has 0 saturated carbocycles. The molecular weight excluding hydrogens is 222 g/mol. The highest BCUT2D eigenvalue weighted by Gasteiger charge is 2.13. The molecule has 86 valence electrons. The fourth-order valence-electron chi connectivity index (χ4n) is 1.91. The average molecular weight is 233 g/mol. The fourth-order valence-corrected chi connectivity index (χ4v) is 1.91. The maximum absolute atomic E-state index is 9.20. The van der Waals surface area contributed by atoms with Gasteiger partial charge in [0.05, 0.1) is 18.7 Å². The Morgan fingerprint density at radius 1 is 1.06 bits per heavy atom. The molecule has 0 heterocycles. The predicted octanol–water partition coefficient (Wildman–Crippen LogP) is 3.22. The first kappa shape index (κ1) is 11.8. The van der Waals surface area contributed by atoms with Crippen LogP contribution < -0.4 is 4.74 Å². The van der Waals surface area contributed by atoms with Crippen LogP contribution in [0.3, 0.4) is 0 Å². The number of ether oxygens (including phenoxy) is 1. The Hall–Kier alpha value is -2.71. The van der Waals surface area contributed by atoms with Gasteiger partial charge in [0.15, 0.2) is 0 Å². The maximum atomic E-state index is 9.20. The van der Waals surface area contributed by atoms with Crippen LogP contribution in [0, 0.1) is 23.7 Å². The highest BCUT2D eigenvalue weighted by Crippen LogP contribution is 2.34. The topological polar surface area (TPSA) is 33.0 Å². The van der Waals surface area contributed by atoms with Gasteiger partial charge >= 0.3 is 0 Å². The van der Waals surface area contributed by atoms with Crippen molar-refractivity contribution in [2.24, 2.45) is 0 Å². The first-order chi connectivity index (χ1) is 8.81. The normalized spacial score (nSPS) is 9.28. The first-order valence-corrected chi connectivity index (χ1v) is 5.45. The summed E-state index contributed by atoms with van der Waals surface area (Å²) in [5.41, 5.74) is 2.83. The average Bonchev–Trinajstić information content (AvgIpc) is 2.46. The summed E-state index contributed by atoms with van der Waals surface area (Å²) >= 11 is 0. The smallest absolute Gasteiger partial charge is 0.126 e. The quantitative estimate of drug-likeness (QED) is 0.746. The number of benzene rings is 2. The zero-order valence-electron chi connectivity index (χ0n) is 9.97. The third-order valence-corrected chi connectivity index (χ3v) is 2.72. The van der Waals surface area contributed by atoms with Crippen molar-refractivity contribution in [3.63, 3.8) is 0 Å². The largest absolute Gasteiger partial charge is 0.496 e. The Kier molecular flexibility index (Phi) is 3.32. The summed E-state index contributed by atoms with van der Waals surface area (Å²) in [5, 5.41) is 9.20. The van der Waals surface area contributed by atoms with Crippen LogP contribution in [0.25, 0.3) is 11.1 Å². The lowest BCUT2D eigenvalue weighted by atomic mass is 9.94. The highest BCUT2D eigenvalue weighted by atomic mass is 16.5. The molecule has 0 amide bonds. The summed E-state index contributed by atoms with van der Waals surface area (Å²) in [6.45, 7) is 0.